The summed E-state index contributed by atoms with van der Waals surface area (Å²) in [6.45, 7) is 7.86. The Morgan fingerprint density at radius 3 is 2.23 bits per heavy atom. The molecular weight excluding hydrogens is 465 g/mol. The number of benzene rings is 1. The Bertz CT molecular complexity index is 601. The standard InChI is InChI=1S/C9H20N3.C9H7N.C5H12O2.Ru/c1-10-5-7-11(2)8-9-4-6-12(9)3;1-2-4-9-7-10-6-5-8(9)3-1;1-4(6)3-5(2)7;/h9H,4-8H2,1-3H3;1-7H;4-7H,3H2,1-2H3;/q-1;;;+3. The number of rotatable bonds is 7. The summed E-state index contributed by atoms with van der Waals surface area (Å²) in [6.07, 6.45) is 4.77. The predicted molar refractivity (Wildman–Crippen MR) is 122 cm³/mol. The first-order valence-electron chi connectivity index (χ1n) is 10.4. The number of aliphatic hydroxyl groups is 2. The molecule has 0 saturated carbocycles. The molecule has 3 unspecified atom stereocenters. The Morgan fingerprint density at radius 1 is 1.17 bits per heavy atom. The number of likely N-dealkylation sites (tertiary alicyclic amines) is 1. The summed E-state index contributed by atoms with van der Waals surface area (Å²) in [6, 6.07) is 11.0. The average molecular weight is 505 g/mol. The van der Waals surface area contributed by atoms with Gasteiger partial charge in [-0.3, -0.25) is 4.98 Å². The largest absolute Gasteiger partial charge is 3.00 e. The summed E-state index contributed by atoms with van der Waals surface area (Å²) in [5.74, 6) is 0. The Morgan fingerprint density at radius 2 is 1.80 bits per heavy atom. The van der Waals surface area contributed by atoms with Gasteiger partial charge < -0.3 is 25.3 Å². The second kappa shape index (κ2) is 16.7. The van der Waals surface area contributed by atoms with Crippen molar-refractivity contribution in [3.63, 3.8) is 0 Å². The molecule has 169 valence electrons. The van der Waals surface area contributed by atoms with Crippen molar-refractivity contribution in [3.05, 3.63) is 48.0 Å². The molecule has 2 aromatic rings. The smallest absolute Gasteiger partial charge is 0.664 e. The molecule has 1 saturated heterocycles. The van der Waals surface area contributed by atoms with Gasteiger partial charge >= 0.3 is 19.5 Å². The second-order valence-corrected chi connectivity index (χ2v) is 7.88. The number of nitrogens with zero attached hydrogens (tertiary/aromatic N) is 4. The first kappa shape index (κ1) is 29.1. The zero-order valence-electron chi connectivity index (χ0n) is 19.1. The van der Waals surface area contributed by atoms with Gasteiger partial charge in [-0.05, 0) is 70.7 Å². The number of hydrogen-bond acceptors (Lipinski definition) is 5. The molecule has 3 atom stereocenters. The second-order valence-electron chi connectivity index (χ2n) is 7.88. The molecule has 0 spiro atoms. The van der Waals surface area contributed by atoms with E-state index in [0.717, 1.165) is 19.1 Å². The third kappa shape index (κ3) is 12.7. The van der Waals surface area contributed by atoms with Crippen LogP contribution in [0.1, 0.15) is 26.7 Å². The topological polar surface area (TPSA) is 73.9 Å². The van der Waals surface area contributed by atoms with E-state index in [4.69, 9.17) is 10.2 Å². The fourth-order valence-electron chi connectivity index (χ4n) is 3.04. The van der Waals surface area contributed by atoms with Crippen molar-refractivity contribution in [2.24, 2.45) is 0 Å². The van der Waals surface area contributed by atoms with Gasteiger partial charge in [0, 0.05) is 25.0 Å². The Balaban J connectivity index is 0.000000428. The van der Waals surface area contributed by atoms with E-state index in [9.17, 15) is 0 Å². The van der Waals surface area contributed by atoms with Crippen molar-refractivity contribution in [3.8, 4) is 0 Å². The molecule has 0 amide bonds. The van der Waals surface area contributed by atoms with E-state index >= 15 is 0 Å². The number of pyridine rings is 1. The van der Waals surface area contributed by atoms with Gasteiger partial charge in [0.2, 0.25) is 0 Å². The Hall–Kier alpha value is -0.947. The monoisotopic (exact) mass is 505 g/mol. The number of aromatic nitrogens is 1. The third-order valence-electron chi connectivity index (χ3n) is 4.90. The molecule has 7 heteroatoms. The Labute approximate surface area is 195 Å². The van der Waals surface area contributed by atoms with E-state index in [1.807, 2.05) is 37.6 Å². The molecule has 6 nitrogen and oxygen atoms in total. The molecule has 1 aliphatic rings. The minimum Gasteiger partial charge on any atom is -0.664 e. The molecule has 1 aromatic carbocycles. The number of likely N-dealkylation sites (N-methyl/N-ethyl adjacent to an activating group) is 3. The summed E-state index contributed by atoms with van der Waals surface area (Å²) in [4.78, 5) is 8.80. The van der Waals surface area contributed by atoms with Gasteiger partial charge in [0.15, 0.2) is 0 Å². The van der Waals surface area contributed by atoms with Crippen LogP contribution in [0, 0.1) is 0 Å². The van der Waals surface area contributed by atoms with Gasteiger partial charge in [-0.2, -0.15) is 7.05 Å². The minimum atomic E-state index is -0.375. The van der Waals surface area contributed by atoms with Gasteiger partial charge in [-0.15, -0.1) is 6.54 Å². The van der Waals surface area contributed by atoms with Crippen molar-refractivity contribution in [1.82, 2.24) is 14.8 Å². The van der Waals surface area contributed by atoms with Crippen LogP contribution in [0.4, 0.5) is 0 Å². The molecule has 2 N–H and O–H groups in total. The van der Waals surface area contributed by atoms with Crippen LogP contribution in [0.2, 0.25) is 0 Å². The molecule has 0 bridgehead atoms. The van der Waals surface area contributed by atoms with Crippen LogP contribution >= 0.6 is 0 Å². The molecule has 0 aliphatic carbocycles. The van der Waals surface area contributed by atoms with Crippen LogP contribution in [0.25, 0.3) is 16.1 Å². The third-order valence-corrected chi connectivity index (χ3v) is 4.90. The van der Waals surface area contributed by atoms with Crippen LogP contribution in [0.3, 0.4) is 0 Å². The van der Waals surface area contributed by atoms with Crippen LogP contribution in [0.5, 0.6) is 0 Å². The molecule has 1 aliphatic heterocycles. The van der Waals surface area contributed by atoms with Gasteiger partial charge in [0.25, 0.3) is 0 Å². The SMILES string of the molecule is CC(O)CC(C)O.C[N-]CCN(C)CC1CCN1C.[Ru+3].c1ccc2cnccc2c1. The summed E-state index contributed by atoms with van der Waals surface area (Å²) in [5, 5.41) is 23.7. The number of fused-ring (bicyclic) bond motifs is 1. The number of aliphatic hydroxyl groups excluding tert-OH is 2. The Kier molecular flexibility index (Phi) is 16.2. The van der Waals surface area contributed by atoms with Crippen molar-refractivity contribution in [2.45, 2.75) is 44.9 Å². The van der Waals surface area contributed by atoms with E-state index < -0.39 is 0 Å². The molecule has 3 rings (SSSR count). The first-order valence-corrected chi connectivity index (χ1v) is 10.4. The molecule has 2 heterocycles. The number of hydrogen-bond donors (Lipinski definition) is 2. The average Bonchev–Trinajstić information content (AvgIpc) is 2.69. The summed E-state index contributed by atoms with van der Waals surface area (Å²) < 4.78 is 0. The van der Waals surface area contributed by atoms with E-state index in [1.54, 1.807) is 13.8 Å². The van der Waals surface area contributed by atoms with Gasteiger partial charge in [0.1, 0.15) is 0 Å². The summed E-state index contributed by atoms with van der Waals surface area (Å²) >= 11 is 0. The van der Waals surface area contributed by atoms with Crippen LogP contribution in [-0.2, 0) is 19.5 Å². The van der Waals surface area contributed by atoms with Crippen LogP contribution < -0.4 is 0 Å². The molecular formula is C23H39N4O2Ru+2. The van der Waals surface area contributed by atoms with Crippen LogP contribution in [0.15, 0.2) is 42.7 Å². The first-order chi connectivity index (χ1) is 13.8. The van der Waals surface area contributed by atoms with E-state index in [2.05, 4.69) is 46.3 Å². The minimum absolute atomic E-state index is 0. The normalized spacial score (nSPS) is 17.5. The van der Waals surface area contributed by atoms with Gasteiger partial charge in [-0.1, -0.05) is 24.3 Å². The zero-order chi connectivity index (χ0) is 21.6. The fourth-order valence-corrected chi connectivity index (χ4v) is 3.04. The van der Waals surface area contributed by atoms with Crippen molar-refractivity contribution >= 4 is 10.8 Å². The van der Waals surface area contributed by atoms with Gasteiger partial charge in [-0.25, -0.2) is 0 Å². The van der Waals surface area contributed by atoms with E-state index in [1.165, 1.54) is 30.3 Å². The fraction of sp³-hybridized carbons (Fsp3) is 0.609. The van der Waals surface area contributed by atoms with Gasteiger partial charge in [0.05, 0.1) is 12.2 Å². The predicted octanol–water partition coefficient (Wildman–Crippen LogP) is 3.00. The zero-order valence-corrected chi connectivity index (χ0v) is 20.8. The van der Waals surface area contributed by atoms with Crippen LogP contribution in [-0.4, -0.2) is 90.6 Å². The molecule has 30 heavy (non-hydrogen) atoms. The molecule has 1 fully saturated rings. The van der Waals surface area contributed by atoms with Crippen molar-refractivity contribution < 1.29 is 29.7 Å². The molecule has 1 aromatic heterocycles. The maximum atomic E-state index is 8.56. The van der Waals surface area contributed by atoms with Crippen molar-refractivity contribution in [2.75, 3.05) is 47.3 Å². The van der Waals surface area contributed by atoms with E-state index in [0.29, 0.717) is 6.42 Å². The summed E-state index contributed by atoms with van der Waals surface area (Å²) in [5.41, 5.74) is 0. The maximum absolute atomic E-state index is 8.56. The van der Waals surface area contributed by atoms with Crippen molar-refractivity contribution in [1.29, 1.82) is 0 Å². The maximum Gasteiger partial charge on any atom is 3.00 e. The summed E-state index contributed by atoms with van der Waals surface area (Å²) in [7, 11) is 6.26. The molecule has 1 radical (unpaired) electrons. The van der Waals surface area contributed by atoms with E-state index in [-0.39, 0.29) is 31.7 Å². The quantitative estimate of drug-likeness (QED) is 0.567.